The van der Waals surface area contributed by atoms with Crippen molar-refractivity contribution in [2.45, 2.75) is 12.6 Å². The number of nitrogens with zero attached hydrogens (tertiary/aromatic N) is 4. The maximum atomic E-state index is 13.3. The molecule has 0 spiro atoms. The third-order valence-electron chi connectivity index (χ3n) is 4.54. The third kappa shape index (κ3) is 5.02. The van der Waals surface area contributed by atoms with Gasteiger partial charge in [-0.15, -0.1) is 5.10 Å². The van der Waals surface area contributed by atoms with Gasteiger partial charge in [0.25, 0.3) is 5.91 Å². The van der Waals surface area contributed by atoms with Gasteiger partial charge in [-0.3, -0.25) is 9.59 Å². The van der Waals surface area contributed by atoms with Gasteiger partial charge >= 0.3 is 0 Å². The van der Waals surface area contributed by atoms with Crippen molar-refractivity contribution >= 4 is 22.8 Å². The minimum Gasteiger partial charge on any atom is -0.467 e. The lowest BCUT2D eigenvalue weighted by Crippen LogP contribution is -2.46. The van der Waals surface area contributed by atoms with Crippen LogP contribution in [0.5, 0.6) is 0 Å². The predicted molar refractivity (Wildman–Crippen MR) is 107 cm³/mol. The number of hydrogen-bond donors (Lipinski definition) is 1. The zero-order valence-electron chi connectivity index (χ0n) is 17.0. The third-order valence-corrected chi connectivity index (χ3v) is 4.54. The van der Waals surface area contributed by atoms with Crippen LogP contribution < -0.4 is 5.32 Å². The molecule has 0 radical (unpaired) electrons. The van der Waals surface area contributed by atoms with Crippen molar-refractivity contribution in [2.24, 2.45) is 0 Å². The fourth-order valence-electron chi connectivity index (χ4n) is 3.08. The number of carbonyl (C=O) groups is 2. The first-order chi connectivity index (χ1) is 14.7. The van der Waals surface area contributed by atoms with E-state index in [1.54, 1.807) is 19.2 Å². The van der Waals surface area contributed by atoms with E-state index in [1.807, 2.05) is 24.3 Å². The number of fused-ring (bicyclic) bond motifs is 1. The molecule has 160 valence electrons. The smallest absolute Gasteiger partial charge is 0.250 e. The monoisotopic (exact) mass is 415 g/mol. The largest absolute Gasteiger partial charge is 0.467 e. The highest BCUT2D eigenvalue weighted by Gasteiger charge is 2.33. The Kier molecular flexibility index (Phi) is 7.52. The van der Waals surface area contributed by atoms with Crippen molar-refractivity contribution in [3.05, 3.63) is 48.4 Å². The van der Waals surface area contributed by atoms with Gasteiger partial charge in [0.05, 0.1) is 25.0 Å². The van der Waals surface area contributed by atoms with Gasteiger partial charge in [-0.1, -0.05) is 17.3 Å². The van der Waals surface area contributed by atoms with Crippen LogP contribution in [0.3, 0.4) is 0 Å². The number of hydrogen-bond acceptors (Lipinski definition) is 7. The van der Waals surface area contributed by atoms with E-state index in [-0.39, 0.29) is 31.5 Å². The lowest BCUT2D eigenvalue weighted by molar-refractivity contribution is -0.143. The summed E-state index contributed by atoms with van der Waals surface area (Å²) in [6.07, 6.45) is 1.47. The maximum Gasteiger partial charge on any atom is 0.250 e. The van der Waals surface area contributed by atoms with Gasteiger partial charge in [-0.05, 0) is 24.3 Å². The Morgan fingerprint density at radius 2 is 1.97 bits per heavy atom. The number of ether oxygens (including phenoxy) is 2. The van der Waals surface area contributed by atoms with E-state index >= 15 is 0 Å². The van der Waals surface area contributed by atoms with Crippen LogP contribution in [0.2, 0.25) is 0 Å². The topological polar surface area (TPSA) is 112 Å². The second kappa shape index (κ2) is 10.5. The Labute approximate surface area is 173 Å². The van der Waals surface area contributed by atoms with Crippen molar-refractivity contribution < 1.29 is 23.5 Å². The minimum absolute atomic E-state index is 0.0766. The number of nitrogens with one attached hydrogen (secondary N) is 1. The summed E-state index contributed by atoms with van der Waals surface area (Å²) in [4.78, 5) is 27.6. The summed E-state index contributed by atoms with van der Waals surface area (Å²) < 4.78 is 17.1. The van der Waals surface area contributed by atoms with E-state index in [4.69, 9.17) is 13.9 Å². The molecule has 30 heavy (non-hydrogen) atoms. The van der Waals surface area contributed by atoms with Crippen molar-refractivity contribution in [1.82, 2.24) is 25.2 Å². The van der Waals surface area contributed by atoms with Crippen LogP contribution in [0, 0.1) is 0 Å². The molecule has 10 nitrogen and oxygen atoms in total. The second-order valence-electron chi connectivity index (χ2n) is 6.52. The summed E-state index contributed by atoms with van der Waals surface area (Å²) in [7, 11) is 3.08. The molecule has 1 N–H and O–H groups in total. The van der Waals surface area contributed by atoms with Gasteiger partial charge in [0.15, 0.2) is 6.04 Å². The van der Waals surface area contributed by atoms with E-state index in [9.17, 15) is 9.59 Å². The standard InChI is InChI=1S/C20H25N5O5/c1-28-12-9-21-20(27)19(17-8-5-11-30-17)24(10-13-29-2)18(26)14-25-16-7-4-3-6-15(16)22-23-25/h3-8,11,19H,9-10,12-14H2,1-2H3,(H,21,27)/t19-/m0/s1. The molecule has 0 unspecified atom stereocenters. The number of amides is 2. The van der Waals surface area contributed by atoms with E-state index in [2.05, 4.69) is 15.6 Å². The van der Waals surface area contributed by atoms with Gasteiger partial charge < -0.3 is 24.1 Å². The summed E-state index contributed by atoms with van der Waals surface area (Å²) in [6, 6.07) is 9.75. The summed E-state index contributed by atoms with van der Waals surface area (Å²) in [5, 5.41) is 10.9. The van der Waals surface area contributed by atoms with Gasteiger partial charge in [0.1, 0.15) is 17.8 Å². The van der Waals surface area contributed by atoms with Crippen LogP contribution in [0.4, 0.5) is 0 Å². The molecule has 2 amide bonds. The molecule has 0 aliphatic rings. The Hall–Kier alpha value is -3.24. The van der Waals surface area contributed by atoms with E-state index in [1.165, 1.54) is 23.0 Å². The van der Waals surface area contributed by atoms with E-state index < -0.39 is 6.04 Å². The minimum atomic E-state index is -0.950. The first-order valence-electron chi connectivity index (χ1n) is 9.52. The van der Waals surface area contributed by atoms with Crippen molar-refractivity contribution in [2.75, 3.05) is 40.5 Å². The molecule has 3 aromatic rings. The van der Waals surface area contributed by atoms with Crippen molar-refractivity contribution in [3.8, 4) is 0 Å². The molecule has 0 saturated carbocycles. The van der Waals surface area contributed by atoms with Gasteiger partial charge in [-0.25, -0.2) is 4.68 Å². The molecule has 0 aliphatic heterocycles. The molecule has 1 atom stereocenters. The molecule has 0 saturated heterocycles. The fourth-order valence-corrected chi connectivity index (χ4v) is 3.08. The highest BCUT2D eigenvalue weighted by Crippen LogP contribution is 2.23. The maximum absolute atomic E-state index is 13.3. The highest BCUT2D eigenvalue weighted by atomic mass is 16.5. The number of rotatable bonds is 11. The Morgan fingerprint density at radius 3 is 2.70 bits per heavy atom. The zero-order chi connectivity index (χ0) is 21.3. The predicted octanol–water partition coefficient (Wildman–Crippen LogP) is 1.00. The molecule has 3 rings (SSSR count). The molecule has 2 aromatic heterocycles. The fraction of sp³-hybridized carbons (Fsp3) is 0.400. The second-order valence-corrected chi connectivity index (χ2v) is 6.52. The normalized spacial score (nSPS) is 12.1. The molecule has 1 aromatic carbocycles. The van der Waals surface area contributed by atoms with Gasteiger partial charge in [-0.2, -0.15) is 0 Å². The summed E-state index contributed by atoms with van der Waals surface area (Å²) in [6.45, 7) is 1.05. The van der Waals surface area contributed by atoms with Gasteiger partial charge in [0.2, 0.25) is 5.91 Å². The number of furan rings is 1. The Balaban J connectivity index is 1.86. The molecule has 0 fully saturated rings. The Bertz CT molecular complexity index is 956. The summed E-state index contributed by atoms with van der Waals surface area (Å²) in [5.41, 5.74) is 1.42. The number of benzene rings is 1. The number of para-hydroxylation sites is 1. The quantitative estimate of drug-likeness (QED) is 0.465. The van der Waals surface area contributed by atoms with Crippen LogP contribution in [0.25, 0.3) is 11.0 Å². The molecule has 2 heterocycles. The Morgan fingerprint density at radius 1 is 1.17 bits per heavy atom. The summed E-state index contributed by atoms with van der Waals surface area (Å²) in [5.74, 6) is -0.321. The first-order valence-corrected chi connectivity index (χ1v) is 9.52. The zero-order valence-corrected chi connectivity index (χ0v) is 17.0. The van der Waals surface area contributed by atoms with E-state index in [0.717, 1.165) is 5.52 Å². The van der Waals surface area contributed by atoms with Crippen LogP contribution in [0.15, 0.2) is 47.1 Å². The van der Waals surface area contributed by atoms with Crippen LogP contribution in [0.1, 0.15) is 11.8 Å². The van der Waals surface area contributed by atoms with Crippen molar-refractivity contribution in [3.63, 3.8) is 0 Å². The molecule has 0 aliphatic carbocycles. The molecule has 10 heteroatoms. The first kappa shape index (κ1) is 21.5. The van der Waals surface area contributed by atoms with Crippen LogP contribution in [-0.2, 0) is 25.6 Å². The number of aromatic nitrogens is 3. The lowest BCUT2D eigenvalue weighted by atomic mass is 10.1. The van der Waals surface area contributed by atoms with Gasteiger partial charge in [0, 0.05) is 27.3 Å². The van der Waals surface area contributed by atoms with Crippen molar-refractivity contribution in [1.29, 1.82) is 0 Å². The van der Waals surface area contributed by atoms with Crippen LogP contribution in [-0.4, -0.2) is 72.2 Å². The highest BCUT2D eigenvalue weighted by molar-refractivity contribution is 5.88. The lowest BCUT2D eigenvalue weighted by Gasteiger charge is -2.29. The summed E-state index contributed by atoms with van der Waals surface area (Å²) >= 11 is 0. The van der Waals surface area contributed by atoms with E-state index in [0.29, 0.717) is 24.4 Å². The SMILES string of the molecule is COCCNC(=O)[C@H](c1ccco1)N(CCOC)C(=O)Cn1nnc2ccccc21. The molecular formula is C20H25N5O5. The average molecular weight is 415 g/mol. The molecular weight excluding hydrogens is 390 g/mol. The average Bonchev–Trinajstić information content (AvgIpc) is 3.41. The number of methoxy groups -OCH3 is 2. The number of carbonyl (C=O) groups excluding carboxylic acids is 2. The van der Waals surface area contributed by atoms with Crippen LogP contribution >= 0.6 is 0 Å². The molecule has 0 bridgehead atoms.